The second-order valence-electron chi connectivity index (χ2n) is 7.34. The number of ether oxygens (including phenoxy) is 2. The lowest BCUT2D eigenvalue weighted by Crippen LogP contribution is -2.38. The highest BCUT2D eigenvalue weighted by Crippen LogP contribution is 2.26. The second kappa shape index (κ2) is 11.2. The van der Waals surface area contributed by atoms with Crippen LogP contribution in [0.2, 0.25) is 0 Å². The van der Waals surface area contributed by atoms with Gasteiger partial charge in [0.25, 0.3) is 5.91 Å². The second-order valence-corrected chi connectivity index (χ2v) is 7.34. The van der Waals surface area contributed by atoms with Crippen LogP contribution in [0.4, 0.5) is 0 Å². The van der Waals surface area contributed by atoms with Crippen molar-refractivity contribution in [2.24, 2.45) is 0 Å². The molecule has 1 unspecified atom stereocenters. The summed E-state index contributed by atoms with van der Waals surface area (Å²) >= 11 is 0. The SMILES string of the molecule is CCCOc1ccccc1CCCNC(=O)C(CC)Oc1cccc2ccccc12. The molecule has 158 valence electrons. The van der Waals surface area contributed by atoms with Crippen molar-refractivity contribution in [1.82, 2.24) is 5.32 Å². The highest BCUT2D eigenvalue weighted by Gasteiger charge is 2.18. The number of fused-ring (bicyclic) bond motifs is 1. The van der Waals surface area contributed by atoms with Crippen molar-refractivity contribution in [3.8, 4) is 11.5 Å². The molecule has 3 rings (SSSR count). The summed E-state index contributed by atoms with van der Waals surface area (Å²) in [5, 5.41) is 5.16. The molecular formula is C26H31NO3. The van der Waals surface area contributed by atoms with Crippen LogP contribution in [-0.2, 0) is 11.2 Å². The van der Waals surface area contributed by atoms with E-state index in [-0.39, 0.29) is 5.91 Å². The zero-order valence-electron chi connectivity index (χ0n) is 17.9. The largest absolute Gasteiger partial charge is 0.493 e. The maximum atomic E-state index is 12.7. The Labute approximate surface area is 179 Å². The number of carbonyl (C=O) groups is 1. The summed E-state index contributed by atoms with van der Waals surface area (Å²) in [4.78, 5) is 12.7. The van der Waals surface area contributed by atoms with Gasteiger partial charge in [0.2, 0.25) is 0 Å². The van der Waals surface area contributed by atoms with Crippen molar-refractivity contribution in [1.29, 1.82) is 0 Å². The average Bonchev–Trinajstić information content (AvgIpc) is 2.79. The van der Waals surface area contributed by atoms with Gasteiger partial charge in [0.1, 0.15) is 11.5 Å². The molecule has 0 aliphatic rings. The van der Waals surface area contributed by atoms with Gasteiger partial charge in [-0.25, -0.2) is 0 Å². The van der Waals surface area contributed by atoms with E-state index in [1.165, 1.54) is 5.56 Å². The zero-order chi connectivity index (χ0) is 21.2. The van der Waals surface area contributed by atoms with Gasteiger partial charge in [0, 0.05) is 11.9 Å². The molecular weight excluding hydrogens is 374 g/mol. The summed E-state index contributed by atoms with van der Waals surface area (Å²) in [5.74, 6) is 1.62. The Kier molecular flexibility index (Phi) is 8.13. The molecule has 0 aliphatic heterocycles. The van der Waals surface area contributed by atoms with Crippen LogP contribution in [0.15, 0.2) is 66.7 Å². The summed E-state index contributed by atoms with van der Waals surface area (Å²) < 4.78 is 11.9. The fourth-order valence-corrected chi connectivity index (χ4v) is 3.44. The Morgan fingerprint density at radius 3 is 2.50 bits per heavy atom. The predicted octanol–water partition coefficient (Wildman–Crippen LogP) is 5.54. The standard InChI is InChI=1S/C26H31NO3/c1-3-19-29-24-16-8-6-12-21(24)14-10-18-27-26(28)23(4-2)30-25-17-9-13-20-11-5-7-15-22(20)25/h5-9,11-13,15-17,23H,3-4,10,14,18-19H2,1-2H3,(H,27,28). The highest BCUT2D eigenvalue weighted by molar-refractivity contribution is 5.89. The van der Waals surface area contributed by atoms with Crippen molar-refractivity contribution in [2.75, 3.05) is 13.2 Å². The summed E-state index contributed by atoms with van der Waals surface area (Å²) in [6.07, 6.45) is 2.81. The van der Waals surface area contributed by atoms with Gasteiger partial charge in [-0.2, -0.15) is 0 Å². The van der Waals surface area contributed by atoms with Gasteiger partial charge in [-0.05, 0) is 48.8 Å². The molecule has 0 aliphatic carbocycles. The first-order chi connectivity index (χ1) is 14.7. The predicted molar refractivity (Wildman–Crippen MR) is 122 cm³/mol. The lowest BCUT2D eigenvalue weighted by molar-refractivity contribution is -0.128. The minimum absolute atomic E-state index is 0.0686. The third-order valence-corrected chi connectivity index (χ3v) is 5.04. The van der Waals surface area contributed by atoms with E-state index in [1.54, 1.807) is 0 Å². The van der Waals surface area contributed by atoms with E-state index >= 15 is 0 Å². The van der Waals surface area contributed by atoms with Crippen LogP contribution in [0, 0.1) is 0 Å². The average molecular weight is 406 g/mol. The van der Waals surface area contributed by atoms with E-state index in [2.05, 4.69) is 18.3 Å². The Morgan fingerprint density at radius 2 is 1.67 bits per heavy atom. The number of aryl methyl sites for hydroxylation is 1. The van der Waals surface area contributed by atoms with E-state index in [4.69, 9.17) is 9.47 Å². The maximum Gasteiger partial charge on any atom is 0.261 e. The Morgan fingerprint density at radius 1 is 0.933 bits per heavy atom. The fourth-order valence-electron chi connectivity index (χ4n) is 3.44. The van der Waals surface area contributed by atoms with Gasteiger partial charge in [0.15, 0.2) is 6.10 Å². The first-order valence-corrected chi connectivity index (χ1v) is 10.9. The Bertz CT molecular complexity index is 948. The minimum Gasteiger partial charge on any atom is -0.493 e. The molecule has 0 heterocycles. The number of carbonyl (C=O) groups excluding carboxylic acids is 1. The number of hydrogen-bond donors (Lipinski definition) is 1. The van der Waals surface area contributed by atoms with Crippen molar-refractivity contribution in [3.63, 3.8) is 0 Å². The lowest BCUT2D eigenvalue weighted by atomic mass is 10.1. The molecule has 30 heavy (non-hydrogen) atoms. The van der Waals surface area contributed by atoms with E-state index in [9.17, 15) is 4.79 Å². The zero-order valence-corrected chi connectivity index (χ0v) is 17.9. The first kappa shape index (κ1) is 21.7. The molecule has 1 N–H and O–H groups in total. The molecule has 3 aromatic carbocycles. The normalized spacial score (nSPS) is 11.8. The molecule has 1 atom stereocenters. The third kappa shape index (κ3) is 5.76. The van der Waals surface area contributed by atoms with Crippen LogP contribution >= 0.6 is 0 Å². The Hall–Kier alpha value is -3.01. The van der Waals surface area contributed by atoms with Crippen molar-refractivity contribution in [2.45, 2.75) is 45.6 Å². The van der Waals surface area contributed by atoms with Gasteiger partial charge in [-0.15, -0.1) is 0 Å². The van der Waals surface area contributed by atoms with E-state index in [1.807, 2.05) is 67.6 Å². The molecule has 0 saturated heterocycles. The number of para-hydroxylation sites is 1. The number of benzene rings is 3. The minimum atomic E-state index is -0.504. The lowest BCUT2D eigenvalue weighted by Gasteiger charge is -2.18. The molecule has 0 radical (unpaired) electrons. The van der Waals surface area contributed by atoms with Gasteiger partial charge in [-0.1, -0.05) is 68.4 Å². The number of amides is 1. The topological polar surface area (TPSA) is 47.6 Å². The van der Waals surface area contributed by atoms with Crippen LogP contribution in [-0.4, -0.2) is 25.2 Å². The van der Waals surface area contributed by atoms with Gasteiger partial charge in [0.05, 0.1) is 6.61 Å². The third-order valence-electron chi connectivity index (χ3n) is 5.04. The molecule has 3 aromatic rings. The molecule has 0 fully saturated rings. The van der Waals surface area contributed by atoms with Gasteiger partial charge < -0.3 is 14.8 Å². The van der Waals surface area contributed by atoms with E-state index in [0.717, 1.165) is 48.1 Å². The van der Waals surface area contributed by atoms with Crippen molar-refractivity contribution < 1.29 is 14.3 Å². The molecule has 0 saturated carbocycles. The summed E-state index contributed by atoms with van der Waals surface area (Å²) in [6, 6.07) is 22.1. The van der Waals surface area contributed by atoms with Gasteiger partial charge in [-0.3, -0.25) is 4.79 Å². The van der Waals surface area contributed by atoms with Crippen molar-refractivity contribution in [3.05, 3.63) is 72.3 Å². The molecule has 4 heteroatoms. The fraction of sp³-hybridized carbons (Fsp3) is 0.346. The quantitative estimate of drug-likeness (QED) is 0.426. The molecule has 0 spiro atoms. The molecule has 1 amide bonds. The van der Waals surface area contributed by atoms with Crippen LogP contribution < -0.4 is 14.8 Å². The molecule has 0 aromatic heterocycles. The van der Waals surface area contributed by atoms with Crippen LogP contribution in [0.1, 0.15) is 38.7 Å². The maximum absolute atomic E-state index is 12.7. The number of rotatable bonds is 11. The monoisotopic (exact) mass is 405 g/mol. The van der Waals surface area contributed by atoms with E-state index < -0.39 is 6.10 Å². The Balaban J connectivity index is 1.52. The van der Waals surface area contributed by atoms with Crippen LogP contribution in [0.3, 0.4) is 0 Å². The number of nitrogens with one attached hydrogen (secondary N) is 1. The highest BCUT2D eigenvalue weighted by atomic mass is 16.5. The molecule has 0 bridgehead atoms. The van der Waals surface area contributed by atoms with Gasteiger partial charge >= 0.3 is 0 Å². The molecule has 4 nitrogen and oxygen atoms in total. The van der Waals surface area contributed by atoms with Crippen LogP contribution in [0.25, 0.3) is 10.8 Å². The number of hydrogen-bond acceptors (Lipinski definition) is 3. The summed E-state index contributed by atoms with van der Waals surface area (Å²) in [6.45, 7) is 5.40. The van der Waals surface area contributed by atoms with Crippen LogP contribution in [0.5, 0.6) is 11.5 Å². The smallest absolute Gasteiger partial charge is 0.261 e. The van der Waals surface area contributed by atoms with Crippen molar-refractivity contribution >= 4 is 16.7 Å². The van der Waals surface area contributed by atoms with E-state index in [0.29, 0.717) is 13.0 Å². The first-order valence-electron chi connectivity index (χ1n) is 10.9. The summed E-state index contributed by atoms with van der Waals surface area (Å²) in [7, 11) is 0. The summed E-state index contributed by atoms with van der Waals surface area (Å²) in [5.41, 5.74) is 1.18.